The van der Waals surface area contributed by atoms with E-state index in [2.05, 4.69) is 6.07 Å². The number of nitrogens with zero attached hydrogens (tertiary/aromatic N) is 1. The predicted octanol–water partition coefficient (Wildman–Crippen LogP) is 3.68. The van der Waals surface area contributed by atoms with E-state index in [0.29, 0.717) is 16.3 Å². The highest BCUT2D eigenvalue weighted by Gasteiger charge is 2.19. The number of nitrogens with two attached hydrogens (primary N) is 1. The Morgan fingerprint density at radius 2 is 1.80 bits per heavy atom. The van der Waals surface area contributed by atoms with Crippen LogP contribution in [0.1, 0.15) is 24.2 Å². The van der Waals surface area contributed by atoms with Crippen LogP contribution in [0.25, 0.3) is 0 Å². The molecule has 0 aliphatic heterocycles. The first kappa shape index (κ1) is 14.4. The maximum Gasteiger partial charge on any atom is 0.139 e. The maximum atomic E-state index is 9.10. The molecule has 0 fully saturated rings. The summed E-state index contributed by atoms with van der Waals surface area (Å²) in [5.74, 6) is 0.534. The second kappa shape index (κ2) is 6.42. The van der Waals surface area contributed by atoms with E-state index in [1.807, 2.05) is 25.1 Å². The number of halogens is 1. The number of hydrogen-bond acceptors (Lipinski definition) is 3. The van der Waals surface area contributed by atoms with Crippen LogP contribution in [0.4, 0.5) is 0 Å². The molecule has 4 heteroatoms. The van der Waals surface area contributed by atoms with Crippen molar-refractivity contribution >= 4 is 11.6 Å². The van der Waals surface area contributed by atoms with E-state index >= 15 is 0 Å². The van der Waals surface area contributed by atoms with Gasteiger partial charge in [0.05, 0.1) is 5.56 Å². The van der Waals surface area contributed by atoms with Crippen molar-refractivity contribution in [2.75, 3.05) is 0 Å². The van der Waals surface area contributed by atoms with Crippen LogP contribution in [0.15, 0.2) is 48.5 Å². The molecule has 0 spiro atoms. The van der Waals surface area contributed by atoms with Crippen molar-refractivity contribution in [1.29, 1.82) is 5.26 Å². The Hall–Kier alpha value is -2.02. The van der Waals surface area contributed by atoms with Gasteiger partial charge in [-0.05, 0) is 36.8 Å². The predicted molar refractivity (Wildman–Crippen MR) is 79.6 cm³/mol. The van der Waals surface area contributed by atoms with E-state index < -0.39 is 0 Å². The van der Waals surface area contributed by atoms with Gasteiger partial charge in [-0.1, -0.05) is 35.9 Å². The molecule has 2 unspecified atom stereocenters. The topological polar surface area (TPSA) is 59.0 Å². The summed E-state index contributed by atoms with van der Waals surface area (Å²) in [5.41, 5.74) is 7.43. The van der Waals surface area contributed by atoms with Crippen molar-refractivity contribution in [2.24, 2.45) is 5.73 Å². The molecule has 3 nitrogen and oxygen atoms in total. The first-order chi connectivity index (χ1) is 9.61. The lowest BCUT2D eigenvalue weighted by molar-refractivity contribution is 0.180. The fraction of sp³-hybridized carbons (Fsp3) is 0.188. The van der Waals surface area contributed by atoms with Crippen molar-refractivity contribution in [1.82, 2.24) is 0 Å². The molecule has 0 saturated carbocycles. The van der Waals surface area contributed by atoms with E-state index in [0.717, 1.165) is 5.56 Å². The number of benzene rings is 2. The zero-order valence-electron chi connectivity index (χ0n) is 11.1. The van der Waals surface area contributed by atoms with Gasteiger partial charge in [0.15, 0.2) is 0 Å². The Balaban J connectivity index is 2.31. The summed E-state index contributed by atoms with van der Waals surface area (Å²) in [6, 6.07) is 16.4. The molecule has 2 aromatic rings. The van der Waals surface area contributed by atoms with E-state index in [9.17, 15) is 0 Å². The second-order valence-corrected chi connectivity index (χ2v) is 4.99. The van der Waals surface area contributed by atoms with Crippen LogP contribution in [0, 0.1) is 11.3 Å². The summed E-state index contributed by atoms with van der Waals surface area (Å²) in [4.78, 5) is 0. The van der Waals surface area contributed by atoms with Crippen LogP contribution >= 0.6 is 11.6 Å². The number of rotatable bonds is 4. The van der Waals surface area contributed by atoms with Crippen LogP contribution in [-0.4, -0.2) is 6.04 Å². The van der Waals surface area contributed by atoms with E-state index in [-0.39, 0.29) is 12.1 Å². The Bertz CT molecular complexity index is 617. The molecule has 2 aromatic carbocycles. The highest BCUT2D eigenvalue weighted by atomic mass is 35.5. The quantitative estimate of drug-likeness (QED) is 0.933. The van der Waals surface area contributed by atoms with Crippen LogP contribution in [0.3, 0.4) is 0 Å². The monoisotopic (exact) mass is 286 g/mol. The van der Waals surface area contributed by atoms with Crippen molar-refractivity contribution < 1.29 is 4.74 Å². The molecule has 0 aromatic heterocycles. The van der Waals surface area contributed by atoms with Crippen molar-refractivity contribution in [2.45, 2.75) is 19.1 Å². The first-order valence-corrected chi connectivity index (χ1v) is 6.66. The molecule has 0 saturated heterocycles. The molecule has 20 heavy (non-hydrogen) atoms. The summed E-state index contributed by atoms with van der Waals surface area (Å²) in [5, 5.41) is 9.76. The van der Waals surface area contributed by atoms with E-state index in [1.54, 1.807) is 30.3 Å². The molecule has 2 atom stereocenters. The smallest absolute Gasteiger partial charge is 0.139 e. The Morgan fingerprint density at radius 3 is 2.40 bits per heavy atom. The molecule has 2 rings (SSSR count). The minimum Gasteiger partial charge on any atom is -0.483 e. The molecule has 0 bridgehead atoms. The molecular weight excluding hydrogens is 272 g/mol. The van der Waals surface area contributed by atoms with Crippen molar-refractivity contribution in [3.63, 3.8) is 0 Å². The Kier molecular flexibility index (Phi) is 4.62. The van der Waals surface area contributed by atoms with Gasteiger partial charge in [0, 0.05) is 11.1 Å². The summed E-state index contributed by atoms with van der Waals surface area (Å²) in [6.45, 7) is 1.87. The first-order valence-electron chi connectivity index (χ1n) is 6.28. The normalized spacial score (nSPS) is 13.3. The maximum absolute atomic E-state index is 9.10. The molecule has 0 aliphatic carbocycles. The summed E-state index contributed by atoms with van der Waals surface area (Å²) < 4.78 is 5.93. The minimum absolute atomic E-state index is 0.220. The van der Waals surface area contributed by atoms with Gasteiger partial charge < -0.3 is 10.5 Å². The highest BCUT2D eigenvalue weighted by molar-refractivity contribution is 6.30. The summed E-state index contributed by atoms with van der Waals surface area (Å²) in [7, 11) is 0. The van der Waals surface area contributed by atoms with Gasteiger partial charge in [-0.2, -0.15) is 5.26 Å². The Labute approximate surface area is 123 Å². The third kappa shape index (κ3) is 3.30. The molecular formula is C16H15ClN2O. The highest BCUT2D eigenvalue weighted by Crippen LogP contribution is 2.27. The summed E-state index contributed by atoms with van der Waals surface area (Å²) >= 11 is 5.89. The van der Waals surface area contributed by atoms with Gasteiger partial charge in [-0.15, -0.1) is 0 Å². The van der Waals surface area contributed by atoms with Gasteiger partial charge in [0.25, 0.3) is 0 Å². The van der Waals surface area contributed by atoms with E-state index in [1.165, 1.54) is 0 Å². The van der Waals surface area contributed by atoms with Gasteiger partial charge in [0.2, 0.25) is 0 Å². The Morgan fingerprint density at radius 1 is 1.15 bits per heavy atom. The van der Waals surface area contributed by atoms with Crippen LogP contribution in [-0.2, 0) is 0 Å². The van der Waals surface area contributed by atoms with Crippen LogP contribution < -0.4 is 10.5 Å². The molecule has 0 heterocycles. The number of para-hydroxylation sites is 1. The fourth-order valence-electron chi connectivity index (χ4n) is 1.93. The number of ether oxygens (including phenoxy) is 1. The molecule has 102 valence electrons. The standard InChI is InChI=1S/C16H15ClN2O/c1-11(19)16(12-6-8-14(17)9-7-12)20-15-5-3-2-4-13(15)10-18/h2-9,11,16H,19H2,1H3. The third-order valence-electron chi connectivity index (χ3n) is 2.94. The average molecular weight is 287 g/mol. The van der Waals surface area contributed by atoms with Crippen molar-refractivity contribution in [3.8, 4) is 11.8 Å². The zero-order chi connectivity index (χ0) is 14.5. The fourth-order valence-corrected chi connectivity index (χ4v) is 2.06. The van der Waals surface area contributed by atoms with Gasteiger partial charge in [-0.25, -0.2) is 0 Å². The van der Waals surface area contributed by atoms with Crippen LogP contribution in [0.2, 0.25) is 5.02 Å². The van der Waals surface area contributed by atoms with Gasteiger partial charge in [0.1, 0.15) is 17.9 Å². The lowest BCUT2D eigenvalue weighted by Crippen LogP contribution is -2.29. The molecule has 2 N–H and O–H groups in total. The van der Waals surface area contributed by atoms with Gasteiger partial charge in [-0.3, -0.25) is 0 Å². The molecule has 0 radical (unpaired) electrons. The second-order valence-electron chi connectivity index (χ2n) is 4.56. The minimum atomic E-state index is -0.332. The third-order valence-corrected chi connectivity index (χ3v) is 3.19. The SMILES string of the molecule is CC(N)C(Oc1ccccc1C#N)c1ccc(Cl)cc1. The van der Waals surface area contributed by atoms with E-state index in [4.69, 9.17) is 27.3 Å². The lowest BCUT2D eigenvalue weighted by atomic mass is 10.0. The zero-order valence-corrected chi connectivity index (χ0v) is 11.8. The largest absolute Gasteiger partial charge is 0.483 e. The molecule has 0 amide bonds. The van der Waals surface area contributed by atoms with Crippen LogP contribution in [0.5, 0.6) is 5.75 Å². The number of hydrogen-bond donors (Lipinski definition) is 1. The summed E-state index contributed by atoms with van der Waals surface area (Å²) in [6.07, 6.45) is -0.332. The average Bonchev–Trinajstić information content (AvgIpc) is 2.46. The number of nitriles is 1. The lowest BCUT2D eigenvalue weighted by Gasteiger charge is -2.23. The molecule has 0 aliphatic rings. The van der Waals surface area contributed by atoms with Gasteiger partial charge >= 0.3 is 0 Å². The van der Waals surface area contributed by atoms with Crippen molar-refractivity contribution in [3.05, 3.63) is 64.7 Å².